The van der Waals surface area contributed by atoms with Crippen molar-refractivity contribution >= 4 is 47.4 Å². The maximum Gasteiger partial charge on any atom is 0.244 e. The number of ether oxygens (including phenoxy) is 1. The van der Waals surface area contributed by atoms with Crippen molar-refractivity contribution in [2.24, 2.45) is 5.10 Å². The van der Waals surface area contributed by atoms with Crippen molar-refractivity contribution in [2.75, 3.05) is 18.8 Å². The molecule has 3 aromatic carbocycles. The van der Waals surface area contributed by atoms with Gasteiger partial charge in [-0.3, -0.25) is 9.59 Å². The largest absolute Gasteiger partial charge is 0.365 e. The molecule has 0 fully saturated rings. The predicted octanol–water partition coefficient (Wildman–Crippen LogP) is 5.68. The first kappa shape index (κ1) is 28.5. The van der Waals surface area contributed by atoms with E-state index in [1.54, 1.807) is 24.4 Å². The van der Waals surface area contributed by atoms with Gasteiger partial charge in [0, 0.05) is 24.1 Å². The lowest BCUT2D eigenvalue weighted by Gasteiger charge is -2.20. The van der Waals surface area contributed by atoms with Crippen LogP contribution in [-0.4, -0.2) is 32.4 Å². The number of amides is 2. The molecule has 1 N–H and O–H groups in total. The molecule has 0 aromatic heterocycles. The monoisotopic (exact) mass is 524 g/mol. The third kappa shape index (κ3) is 8.21. The van der Waals surface area contributed by atoms with Crippen LogP contribution < -0.4 is 10.3 Å². The Hall–Kier alpha value is -3.70. The average Bonchev–Trinajstić information content (AvgIpc) is 2.86. The highest BCUT2D eigenvalue weighted by Crippen LogP contribution is 2.36. The third-order valence-corrected chi connectivity index (χ3v) is 5.48. The molecular weight excluding hydrogens is 499 g/mol. The molecule has 0 aliphatic rings. The number of hydrazone groups is 1. The van der Waals surface area contributed by atoms with Crippen LogP contribution in [0.1, 0.15) is 35.1 Å². The molecule has 2 amide bonds. The zero-order valence-electron chi connectivity index (χ0n) is 20.1. The zero-order chi connectivity index (χ0) is 26.5. The van der Waals surface area contributed by atoms with Crippen LogP contribution in [0.5, 0.6) is 0 Å². The van der Waals surface area contributed by atoms with Gasteiger partial charge in [-0.1, -0.05) is 65.7 Å². The van der Waals surface area contributed by atoms with Gasteiger partial charge in [0.05, 0.1) is 23.9 Å². The maximum atomic E-state index is 12.2. The molecule has 1 atom stereocenters. The minimum atomic E-state index is -0.553. The van der Waals surface area contributed by atoms with Gasteiger partial charge in [-0.25, -0.2) is 5.01 Å². The first-order valence-corrected chi connectivity index (χ1v) is 11.6. The molecule has 0 saturated carbocycles. The topological polar surface area (TPSA) is 94.8 Å². The van der Waals surface area contributed by atoms with Crippen LogP contribution in [0.25, 0.3) is 0 Å². The van der Waals surface area contributed by atoms with Crippen LogP contribution in [0.15, 0.2) is 71.8 Å². The van der Waals surface area contributed by atoms with Gasteiger partial charge < -0.3 is 10.1 Å². The normalized spacial score (nSPS) is 11.1. The summed E-state index contributed by atoms with van der Waals surface area (Å²) < 4.78 is 4.44. The predicted molar refractivity (Wildman–Crippen MR) is 143 cm³/mol. The highest BCUT2D eigenvalue weighted by Gasteiger charge is 2.22. The van der Waals surface area contributed by atoms with Crippen molar-refractivity contribution in [1.29, 1.82) is 5.26 Å². The first-order valence-electron chi connectivity index (χ1n) is 10.8. The minimum Gasteiger partial charge on any atom is -0.365 e. The van der Waals surface area contributed by atoms with E-state index in [-0.39, 0.29) is 5.91 Å². The summed E-state index contributed by atoms with van der Waals surface area (Å²) in [4.78, 5) is 21.6. The van der Waals surface area contributed by atoms with Crippen molar-refractivity contribution < 1.29 is 14.3 Å². The van der Waals surface area contributed by atoms with Crippen LogP contribution in [0.2, 0.25) is 10.0 Å². The van der Waals surface area contributed by atoms with E-state index in [1.165, 1.54) is 19.0 Å². The van der Waals surface area contributed by atoms with E-state index in [4.69, 9.17) is 23.2 Å². The van der Waals surface area contributed by atoms with Crippen molar-refractivity contribution in [3.05, 3.63) is 99.0 Å². The van der Waals surface area contributed by atoms with Gasteiger partial charge in [-0.05, 0) is 53.4 Å². The molecule has 7 nitrogen and oxygen atoms in total. The Bertz CT molecular complexity index is 1200. The summed E-state index contributed by atoms with van der Waals surface area (Å²) in [6.45, 7) is 3.60. The van der Waals surface area contributed by atoms with Gasteiger partial charge in [0.25, 0.3) is 0 Å². The average molecular weight is 525 g/mol. The summed E-state index contributed by atoms with van der Waals surface area (Å²) >= 11 is 12.6. The number of anilines is 1. The Morgan fingerprint density at radius 2 is 1.83 bits per heavy atom. The summed E-state index contributed by atoms with van der Waals surface area (Å²) in [5.74, 6) is -0.803. The standard InChI is InChI=1S/C24H19Cl2N3O.C3H7NO2/c1-16-12-21(29(17(2)30)28-15-18-6-4-3-5-7-18)13-23(26)24(16)22(14-27)19-8-10-20(25)11-9-19;1-6-3-4-2-5/h3-13,15,22H,1-2H3;2H,3H2,1H3,(H,4,5)/b28-15+;. The number of nitrogens with zero attached hydrogens (tertiary/aromatic N) is 3. The smallest absolute Gasteiger partial charge is 0.244 e. The van der Waals surface area contributed by atoms with Crippen LogP contribution in [0, 0.1) is 18.3 Å². The van der Waals surface area contributed by atoms with Gasteiger partial charge in [0.1, 0.15) is 6.73 Å². The van der Waals surface area contributed by atoms with Crippen LogP contribution in [0.4, 0.5) is 5.69 Å². The second-order valence-electron chi connectivity index (χ2n) is 7.51. The number of aryl methyl sites for hydroxylation is 1. The van der Waals surface area contributed by atoms with Crippen molar-refractivity contribution in [3.63, 3.8) is 0 Å². The van der Waals surface area contributed by atoms with Crippen molar-refractivity contribution in [1.82, 2.24) is 5.32 Å². The van der Waals surface area contributed by atoms with Crippen molar-refractivity contribution in [2.45, 2.75) is 19.8 Å². The summed E-state index contributed by atoms with van der Waals surface area (Å²) in [6.07, 6.45) is 2.20. The quantitative estimate of drug-likeness (QED) is 0.135. The molecule has 3 aromatic rings. The molecule has 3 rings (SSSR count). The molecule has 1 unspecified atom stereocenters. The molecule has 9 heteroatoms. The number of nitriles is 1. The number of carbonyl (C=O) groups is 2. The van der Waals surface area contributed by atoms with E-state index in [9.17, 15) is 14.9 Å². The van der Waals surface area contributed by atoms with E-state index in [0.717, 1.165) is 16.7 Å². The van der Waals surface area contributed by atoms with Crippen LogP contribution >= 0.6 is 23.2 Å². The minimum absolute atomic E-state index is 0.250. The molecular formula is C27H26Cl2N4O3. The lowest BCUT2D eigenvalue weighted by atomic mass is 9.89. The lowest BCUT2D eigenvalue weighted by molar-refractivity contribution is -0.116. The SMILES string of the molecule is CC(=O)N(/N=C/c1ccccc1)c1cc(C)c(C(C#N)c2ccc(Cl)cc2)c(Cl)c1.COCNC=O. The summed E-state index contributed by atoms with van der Waals surface area (Å²) in [7, 11) is 1.51. The maximum absolute atomic E-state index is 12.2. The Morgan fingerprint density at radius 3 is 2.33 bits per heavy atom. The summed E-state index contributed by atoms with van der Waals surface area (Å²) in [5, 5.41) is 18.7. The molecule has 0 heterocycles. The highest BCUT2D eigenvalue weighted by atomic mass is 35.5. The van der Waals surface area contributed by atoms with E-state index in [2.05, 4.69) is 21.2 Å². The van der Waals surface area contributed by atoms with Crippen LogP contribution in [-0.2, 0) is 14.3 Å². The zero-order valence-corrected chi connectivity index (χ0v) is 21.6. The number of hydrogen-bond donors (Lipinski definition) is 1. The highest BCUT2D eigenvalue weighted by molar-refractivity contribution is 6.32. The van der Waals surface area contributed by atoms with Crippen molar-refractivity contribution in [3.8, 4) is 6.07 Å². The first-order chi connectivity index (χ1) is 17.3. The second-order valence-corrected chi connectivity index (χ2v) is 8.36. The van der Waals surface area contributed by atoms with E-state index in [0.29, 0.717) is 34.4 Å². The number of halogens is 2. The molecule has 0 radical (unpaired) electrons. The van der Waals surface area contributed by atoms with E-state index < -0.39 is 5.92 Å². The van der Waals surface area contributed by atoms with Gasteiger partial charge in [0.15, 0.2) is 0 Å². The molecule has 0 bridgehead atoms. The van der Waals surface area contributed by atoms with Crippen LogP contribution in [0.3, 0.4) is 0 Å². The number of nitrogens with one attached hydrogen (secondary N) is 1. The Kier molecular flexibility index (Phi) is 11.6. The molecule has 0 aliphatic carbocycles. The molecule has 0 spiro atoms. The Morgan fingerprint density at radius 1 is 1.17 bits per heavy atom. The molecule has 0 saturated heterocycles. The molecule has 0 aliphatic heterocycles. The fraction of sp³-hybridized carbons (Fsp3) is 0.185. The third-order valence-electron chi connectivity index (χ3n) is 4.92. The number of methoxy groups -OCH3 is 1. The fourth-order valence-electron chi connectivity index (χ4n) is 3.30. The van der Waals surface area contributed by atoms with Gasteiger partial charge in [-0.2, -0.15) is 10.4 Å². The second kappa shape index (κ2) is 14.6. The molecule has 36 heavy (non-hydrogen) atoms. The number of rotatable bonds is 8. The fourth-order valence-corrected chi connectivity index (χ4v) is 3.79. The van der Waals surface area contributed by atoms with E-state index in [1.807, 2.05) is 55.5 Å². The Labute approximate surface area is 220 Å². The number of benzene rings is 3. The summed E-state index contributed by atoms with van der Waals surface area (Å²) in [6, 6.07) is 22.4. The van der Waals surface area contributed by atoms with Gasteiger partial charge in [-0.15, -0.1) is 0 Å². The van der Waals surface area contributed by atoms with Gasteiger partial charge in [0.2, 0.25) is 12.3 Å². The lowest BCUT2D eigenvalue weighted by Crippen LogP contribution is -2.22. The Balaban J connectivity index is 0.000000678. The van der Waals surface area contributed by atoms with Gasteiger partial charge >= 0.3 is 0 Å². The summed E-state index contributed by atoms with van der Waals surface area (Å²) in [5.41, 5.74) is 3.69. The molecule has 186 valence electrons. The number of carbonyl (C=O) groups excluding carboxylic acids is 2. The van der Waals surface area contributed by atoms with E-state index >= 15 is 0 Å². The number of hydrogen-bond acceptors (Lipinski definition) is 5.